The van der Waals surface area contributed by atoms with Gasteiger partial charge in [-0.1, -0.05) is 18.2 Å². The number of carbonyl (C=O) groups excluding carboxylic acids is 1. The fourth-order valence-electron chi connectivity index (χ4n) is 2.50. The Morgan fingerprint density at radius 3 is 3.00 bits per heavy atom. The molecule has 0 bridgehead atoms. The van der Waals surface area contributed by atoms with Crippen LogP contribution in [-0.4, -0.2) is 38.1 Å². The van der Waals surface area contributed by atoms with E-state index in [0.29, 0.717) is 6.61 Å². The number of aliphatic imine (C=N–C) groups is 1. The summed E-state index contributed by atoms with van der Waals surface area (Å²) in [5, 5.41) is 0. The monoisotopic (exact) mass is 261 g/mol. The van der Waals surface area contributed by atoms with Gasteiger partial charge in [-0.05, 0) is 13.0 Å². The van der Waals surface area contributed by atoms with Crippen LogP contribution in [0.2, 0.25) is 0 Å². The van der Waals surface area contributed by atoms with Crippen molar-refractivity contribution in [1.29, 1.82) is 0 Å². The van der Waals surface area contributed by atoms with Gasteiger partial charge in [0.05, 0.1) is 12.3 Å². The van der Waals surface area contributed by atoms with Crippen molar-refractivity contribution in [2.75, 3.05) is 13.7 Å². The molecule has 1 aromatic carbocycles. The molecule has 5 heteroatoms. The first-order chi connectivity index (χ1) is 9.23. The van der Waals surface area contributed by atoms with Crippen molar-refractivity contribution >= 4 is 17.9 Å². The van der Waals surface area contributed by atoms with Crippen LogP contribution in [0.25, 0.3) is 0 Å². The molecule has 2 heterocycles. The molecule has 0 radical (unpaired) electrons. The number of hydrogen-bond acceptors (Lipinski definition) is 5. The molecule has 0 N–H and O–H groups in total. The SMILES string of the molecule is CCOC(=O)C1OC1C1(OC)C=Nc2ccccc21. The van der Waals surface area contributed by atoms with E-state index in [0.717, 1.165) is 11.3 Å². The van der Waals surface area contributed by atoms with E-state index in [1.165, 1.54) is 0 Å². The molecule has 3 rings (SSSR count). The molecule has 2 aliphatic heterocycles. The van der Waals surface area contributed by atoms with Crippen molar-refractivity contribution < 1.29 is 19.0 Å². The number of rotatable bonds is 4. The second-order valence-corrected chi connectivity index (χ2v) is 4.50. The highest BCUT2D eigenvalue weighted by Gasteiger charge is 2.61. The van der Waals surface area contributed by atoms with Gasteiger partial charge in [0.25, 0.3) is 0 Å². The highest BCUT2D eigenvalue weighted by Crippen LogP contribution is 2.47. The van der Waals surface area contributed by atoms with E-state index >= 15 is 0 Å². The average Bonchev–Trinajstić information content (AvgIpc) is 3.15. The molecule has 0 spiro atoms. The number of nitrogens with zero attached hydrogens (tertiary/aromatic N) is 1. The maximum Gasteiger partial charge on any atom is 0.338 e. The zero-order valence-corrected chi connectivity index (χ0v) is 10.8. The molecule has 0 saturated carbocycles. The summed E-state index contributed by atoms with van der Waals surface area (Å²) in [5.74, 6) is -0.346. The lowest BCUT2D eigenvalue weighted by atomic mass is 9.90. The number of esters is 1. The molecule has 0 amide bonds. The molecule has 0 aliphatic carbocycles. The van der Waals surface area contributed by atoms with E-state index in [1.807, 2.05) is 24.3 Å². The van der Waals surface area contributed by atoms with Gasteiger partial charge in [-0.25, -0.2) is 4.79 Å². The minimum atomic E-state index is -0.784. The quantitative estimate of drug-likeness (QED) is 0.610. The van der Waals surface area contributed by atoms with E-state index in [1.54, 1.807) is 20.2 Å². The fourth-order valence-corrected chi connectivity index (χ4v) is 2.50. The molecule has 1 saturated heterocycles. The maximum absolute atomic E-state index is 11.7. The van der Waals surface area contributed by atoms with Crippen molar-refractivity contribution in [3.05, 3.63) is 29.8 Å². The van der Waals surface area contributed by atoms with Gasteiger partial charge >= 0.3 is 5.97 Å². The molecule has 0 aromatic heterocycles. The lowest BCUT2D eigenvalue weighted by Gasteiger charge is -2.24. The summed E-state index contributed by atoms with van der Waals surface area (Å²) in [6.45, 7) is 2.11. The summed E-state index contributed by atoms with van der Waals surface area (Å²) in [7, 11) is 1.60. The number of fused-ring (bicyclic) bond motifs is 1. The Labute approximate surface area is 111 Å². The topological polar surface area (TPSA) is 60.4 Å². The Morgan fingerprint density at radius 1 is 1.47 bits per heavy atom. The van der Waals surface area contributed by atoms with Crippen LogP contribution in [0.3, 0.4) is 0 Å². The van der Waals surface area contributed by atoms with Gasteiger partial charge in [0.15, 0.2) is 11.7 Å². The lowest BCUT2D eigenvalue weighted by Crippen LogP contribution is -2.37. The molecular weight excluding hydrogens is 246 g/mol. The summed E-state index contributed by atoms with van der Waals surface area (Å²) in [4.78, 5) is 16.0. The zero-order chi connectivity index (χ0) is 13.5. The Balaban J connectivity index is 1.88. The van der Waals surface area contributed by atoms with E-state index in [2.05, 4.69) is 4.99 Å². The number of ether oxygens (including phenoxy) is 3. The van der Waals surface area contributed by atoms with Crippen LogP contribution in [0.4, 0.5) is 5.69 Å². The van der Waals surface area contributed by atoms with Crippen LogP contribution in [0.1, 0.15) is 12.5 Å². The number of benzene rings is 1. The number of carbonyl (C=O) groups is 1. The molecule has 100 valence electrons. The number of para-hydroxylation sites is 1. The Bertz CT molecular complexity index is 542. The third-order valence-electron chi connectivity index (χ3n) is 3.49. The highest BCUT2D eigenvalue weighted by atomic mass is 16.7. The summed E-state index contributed by atoms with van der Waals surface area (Å²) < 4.78 is 16.1. The molecule has 1 aromatic rings. The molecule has 5 nitrogen and oxygen atoms in total. The van der Waals surface area contributed by atoms with Crippen LogP contribution < -0.4 is 0 Å². The van der Waals surface area contributed by atoms with Crippen molar-refractivity contribution in [2.24, 2.45) is 4.99 Å². The van der Waals surface area contributed by atoms with E-state index in [-0.39, 0.29) is 12.1 Å². The standard InChI is InChI=1S/C14H15NO4/c1-3-18-13(16)11-12(19-11)14(17-2)8-15-10-7-5-4-6-9(10)14/h4-8,11-12H,3H2,1-2H3. The van der Waals surface area contributed by atoms with Crippen LogP contribution in [0.5, 0.6) is 0 Å². The van der Waals surface area contributed by atoms with Gasteiger partial charge in [-0.2, -0.15) is 0 Å². The largest absolute Gasteiger partial charge is 0.464 e. The molecule has 3 atom stereocenters. The summed E-state index contributed by atoms with van der Waals surface area (Å²) in [6, 6.07) is 7.69. The Hall–Kier alpha value is -1.72. The predicted molar refractivity (Wildman–Crippen MR) is 68.6 cm³/mol. The average molecular weight is 261 g/mol. The fraction of sp³-hybridized carbons (Fsp3) is 0.429. The van der Waals surface area contributed by atoms with Gasteiger partial charge < -0.3 is 14.2 Å². The molecule has 1 fully saturated rings. The normalized spacial score (nSPS) is 31.1. The minimum absolute atomic E-state index is 0.343. The van der Waals surface area contributed by atoms with Crippen LogP contribution in [0, 0.1) is 0 Å². The summed E-state index contributed by atoms with van der Waals surface area (Å²) in [5.41, 5.74) is 0.991. The maximum atomic E-state index is 11.7. The zero-order valence-electron chi connectivity index (χ0n) is 10.8. The van der Waals surface area contributed by atoms with Gasteiger partial charge in [0.1, 0.15) is 6.10 Å². The second-order valence-electron chi connectivity index (χ2n) is 4.50. The van der Waals surface area contributed by atoms with Crippen molar-refractivity contribution in [1.82, 2.24) is 0 Å². The highest BCUT2D eigenvalue weighted by molar-refractivity contribution is 5.88. The molecule has 3 unspecified atom stereocenters. The smallest absolute Gasteiger partial charge is 0.338 e. The Morgan fingerprint density at radius 2 is 2.26 bits per heavy atom. The first-order valence-corrected chi connectivity index (χ1v) is 6.25. The third kappa shape index (κ3) is 1.77. The third-order valence-corrected chi connectivity index (χ3v) is 3.49. The minimum Gasteiger partial charge on any atom is -0.464 e. The van der Waals surface area contributed by atoms with Crippen LogP contribution in [0.15, 0.2) is 29.3 Å². The van der Waals surface area contributed by atoms with Crippen molar-refractivity contribution in [3.63, 3.8) is 0 Å². The van der Waals surface area contributed by atoms with Crippen molar-refractivity contribution in [3.8, 4) is 0 Å². The first-order valence-electron chi connectivity index (χ1n) is 6.25. The van der Waals surface area contributed by atoms with Crippen LogP contribution >= 0.6 is 0 Å². The Kier molecular flexibility index (Phi) is 2.88. The van der Waals surface area contributed by atoms with Gasteiger partial charge in [0.2, 0.25) is 0 Å². The number of hydrogen-bond donors (Lipinski definition) is 0. The lowest BCUT2D eigenvalue weighted by molar-refractivity contribution is -0.144. The predicted octanol–water partition coefficient (Wildman–Crippen LogP) is 1.57. The summed E-state index contributed by atoms with van der Waals surface area (Å²) >= 11 is 0. The van der Waals surface area contributed by atoms with Gasteiger partial charge in [0, 0.05) is 18.9 Å². The van der Waals surface area contributed by atoms with E-state index in [9.17, 15) is 4.79 Å². The van der Waals surface area contributed by atoms with Crippen molar-refractivity contribution in [2.45, 2.75) is 24.7 Å². The number of methoxy groups -OCH3 is 1. The number of epoxide rings is 1. The van der Waals surface area contributed by atoms with E-state index < -0.39 is 11.7 Å². The first kappa shape index (κ1) is 12.3. The molecular formula is C14H15NO4. The second kappa shape index (κ2) is 4.43. The molecule has 19 heavy (non-hydrogen) atoms. The van der Waals surface area contributed by atoms with Crippen LogP contribution in [-0.2, 0) is 24.6 Å². The van der Waals surface area contributed by atoms with Gasteiger partial charge in [-0.15, -0.1) is 0 Å². The summed E-state index contributed by atoms with van der Waals surface area (Å²) in [6.07, 6.45) is 0.767. The van der Waals surface area contributed by atoms with Gasteiger partial charge in [-0.3, -0.25) is 4.99 Å². The van der Waals surface area contributed by atoms with E-state index in [4.69, 9.17) is 14.2 Å². The molecule has 2 aliphatic rings.